The summed E-state index contributed by atoms with van der Waals surface area (Å²) in [5.74, 6) is 2.28. The predicted octanol–water partition coefficient (Wildman–Crippen LogP) is 3.68. The minimum absolute atomic E-state index is 0.131. The van der Waals surface area contributed by atoms with Crippen LogP contribution < -0.4 is 14.8 Å². The number of thiazole rings is 1. The summed E-state index contributed by atoms with van der Waals surface area (Å²) < 4.78 is 17.8. The summed E-state index contributed by atoms with van der Waals surface area (Å²) in [5, 5.41) is 6.63. The number of hydrogen-bond acceptors (Lipinski definition) is 9. The van der Waals surface area contributed by atoms with Gasteiger partial charge in [0.2, 0.25) is 17.6 Å². The Balaban J connectivity index is 1.21. The second kappa shape index (κ2) is 9.59. The lowest BCUT2D eigenvalue weighted by Gasteiger charge is -2.04. The highest BCUT2D eigenvalue weighted by atomic mass is 32.2. The van der Waals surface area contributed by atoms with Crippen LogP contribution in [0, 0.1) is 0 Å². The molecular formula is C20H18N4O4S2. The molecule has 0 aliphatic rings. The number of nitrogens with zero attached hydrogens (tertiary/aromatic N) is 3. The van der Waals surface area contributed by atoms with Crippen molar-refractivity contribution in [3.05, 3.63) is 60.2 Å². The second-order valence-corrected chi connectivity index (χ2v) is 8.33. The fraction of sp³-hybridized carbons (Fsp3) is 0.200. The molecule has 0 saturated carbocycles. The first-order valence-electron chi connectivity index (χ1n) is 9.03. The maximum Gasteiger partial charge on any atom is 0.246 e. The van der Waals surface area contributed by atoms with E-state index in [4.69, 9.17) is 14.0 Å². The van der Waals surface area contributed by atoms with E-state index in [0.717, 1.165) is 20.3 Å². The molecule has 30 heavy (non-hydrogen) atoms. The number of amides is 1. The smallest absolute Gasteiger partial charge is 0.246 e. The van der Waals surface area contributed by atoms with E-state index in [9.17, 15) is 4.79 Å². The molecule has 2 aromatic heterocycles. The van der Waals surface area contributed by atoms with Crippen LogP contribution in [0.5, 0.6) is 11.5 Å². The lowest BCUT2D eigenvalue weighted by atomic mass is 10.3. The van der Waals surface area contributed by atoms with Crippen molar-refractivity contribution in [3.63, 3.8) is 0 Å². The standard InChI is InChI=1S/C20H18N4O4S2/c1-26-13-6-8-14(9-7-13)27-11-17-23-19(28-24-17)10-21-18(25)12-29-20-22-15-4-2-3-5-16(15)30-20/h2-9H,10-12H2,1H3,(H,21,25). The van der Waals surface area contributed by atoms with Crippen LogP contribution in [0.25, 0.3) is 10.2 Å². The molecule has 2 aromatic carbocycles. The van der Waals surface area contributed by atoms with E-state index in [-0.39, 0.29) is 24.8 Å². The maximum absolute atomic E-state index is 12.1. The molecule has 0 aliphatic heterocycles. The summed E-state index contributed by atoms with van der Waals surface area (Å²) >= 11 is 2.98. The highest BCUT2D eigenvalue weighted by molar-refractivity contribution is 8.01. The summed E-state index contributed by atoms with van der Waals surface area (Å²) in [4.78, 5) is 20.8. The van der Waals surface area contributed by atoms with Gasteiger partial charge in [-0.25, -0.2) is 4.98 Å². The van der Waals surface area contributed by atoms with Gasteiger partial charge in [-0.1, -0.05) is 29.1 Å². The van der Waals surface area contributed by atoms with E-state index in [1.807, 2.05) is 24.3 Å². The number of benzene rings is 2. The molecule has 0 radical (unpaired) electrons. The summed E-state index contributed by atoms with van der Waals surface area (Å²) in [5.41, 5.74) is 0.945. The quantitative estimate of drug-likeness (QED) is 0.392. The van der Waals surface area contributed by atoms with Crippen molar-refractivity contribution >= 4 is 39.2 Å². The lowest BCUT2D eigenvalue weighted by molar-refractivity contribution is -0.118. The molecule has 154 valence electrons. The highest BCUT2D eigenvalue weighted by Crippen LogP contribution is 2.29. The normalized spacial score (nSPS) is 10.8. The SMILES string of the molecule is COc1ccc(OCc2noc(CNC(=O)CSc3nc4ccccc4s3)n2)cc1. The molecule has 10 heteroatoms. The van der Waals surface area contributed by atoms with Gasteiger partial charge in [0.05, 0.1) is 29.6 Å². The van der Waals surface area contributed by atoms with Gasteiger partial charge >= 0.3 is 0 Å². The van der Waals surface area contributed by atoms with Crippen LogP contribution in [0.2, 0.25) is 0 Å². The van der Waals surface area contributed by atoms with Crippen LogP contribution in [0.4, 0.5) is 0 Å². The summed E-state index contributed by atoms with van der Waals surface area (Å²) in [6.45, 7) is 0.325. The number of carbonyl (C=O) groups excluding carboxylic acids is 1. The van der Waals surface area contributed by atoms with Crippen molar-refractivity contribution in [2.75, 3.05) is 12.9 Å². The number of aromatic nitrogens is 3. The first kappa shape index (κ1) is 20.2. The van der Waals surface area contributed by atoms with Crippen LogP contribution in [-0.4, -0.2) is 33.9 Å². The highest BCUT2D eigenvalue weighted by Gasteiger charge is 2.11. The van der Waals surface area contributed by atoms with Crippen molar-refractivity contribution in [3.8, 4) is 11.5 Å². The number of ether oxygens (including phenoxy) is 2. The summed E-state index contributed by atoms with van der Waals surface area (Å²) in [6, 6.07) is 15.1. The third-order valence-corrected chi connectivity index (χ3v) is 6.15. The molecule has 1 amide bonds. The van der Waals surface area contributed by atoms with E-state index < -0.39 is 0 Å². The zero-order chi connectivity index (χ0) is 20.8. The zero-order valence-corrected chi connectivity index (χ0v) is 17.7. The Morgan fingerprint density at radius 2 is 1.93 bits per heavy atom. The Kier molecular flexibility index (Phi) is 6.45. The Morgan fingerprint density at radius 1 is 1.13 bits per heavy atom. The monoisotopic (exact) mass is 442 g/mol. The molecule has 4 rings (SSSR count). The molecule has 0 fully saturated rings. The van der Waals surface area contributed by atoms with Crippen molar-refractivity contribution in [1.29, 1.82) is 0 Å². The number of methoxy groups -OCH3 is 1. The summed E-state index contributed by atoms with van der Waals surface area (Å²) in [6.07, 6.45) is 0. The minimum Gasteiger partial charge on any atom is -0.497 e. The van der Waals surface area contributed by atoms with Crippen LogP contribution in [0.3, 0.4) is 0 Å². The van der Waals surface area contributed by atoms with Gasteiger partial charge in [0, 0.05) is 0 Å². The average Bonchev–Trinajstić information content (AvgIpc) is 3.41. The van der Waals surface area contributed by atoms with Gasteiger partial charge in [-0.15, -0.1) is 11.3 Å². The number of hydrogen-bond donors (Lipinski definition) is 1. The van der Waals surface area contributed by atoms with Crippen molar-refractivity contribution in [2.45, 2.75) is 17.5 Å². The third kappa shape index (κ3) is 5.28. The predicted molar refractivity (Wildman–Crippen MR) is 114 cm³/mol. The summed E-state index contributed by atoms with van der Waals surface area (Å²) in [7, 11) is 1.61. The minimum atomic E-state index is -0.131. The Bertz CT molecular complexity index is 1090. The van der Waals surface area contributed by atoms with Gasteiger partial charge in [0.1, 0.15) is 11.5 Å². The Morgan fingerprint density at radius 3 is 2.73 bits per heavy atom. The number of fused-ring (bicyclic) bond motifs is 1. The van der Waals surface area contributed by atoms with E-state index in [1.54, 1.807) is 42.7 Å². The van der Waals surface area contributed by atoms with E-state index in [0.29, 0.717) is 17.5 Å². The average molecular weight is 443 g/mol. The van der Waals surface area contributed by atoms with Crippen LogP contribution in [0.1, 0.15) is 11.7 Å². The number of thioether (sulfide) groups is 1. The van der Waals surface area contributed by atoms with Gasteiger partial charge in [0.25, 0.3) is 0 Å². The van der Waals surface area contributed by atoms with E-state index in [2.05, 4.69) is 20.4 Å². The largest absolute Gasteiger partial charge is 0.497 e. The molecule has 0 spiro atoms. The van der Waals surface area contributed by atoms with Crippen LogP contribution in [-0.2, 0) is 17.9 Å². The maximum atomic E-state index is 12.1. The number of nitrogens with one attached hydrogen (secondary N) is 1. The molecule has 0 unspecified atom stereocenters. The van der Waals surface area contributed by atoms with E-state index in [1.165, 1.54) is 11.8 Å². The van der Waals surface area contributed by atoms with Gasteiger partial charge in [-0.3, -0.25) is 4.79 Å². The molecule has 2 heterocycles. The molecule has 8 nitrogen and oxygen atoms in total. The number of para-hydroxylation sites is 1. The van der Waals surface area contributed by atoms with Crippen molar-refractivity contribution in [1.82, 2.24) is 20.4 Å². The topological polar surface area (TPSA) is 99.4 Å². The molecule has 0 aliphatic carbocycles. The molecule has 0 atom stereocenters. The molecule has 0 bridgehead atoms. The van der Waals surface area contributed by atoms with Gasteiger partial charge < -0.3 is 19.3 Å². The molecule has 1 N–H and O–H groups in total. The fourth-order valence-electron chi connectivity index (χ4n) is 2.51. The van der Waals surface area contributed by atoms with Gasteiger partial charge in [-0.2, -0.15) is 4.98 Å². The first-order chi connectivity index (χ1) is 14.7. The Hall–Kier alpha value is -3.11. The van der Waals surface area contributed by atoms with E-state index >= 15 is 0 Å². The molecular weight excluding hydrogens is 424 g/mol. The van der Waals surface area contributed by atoms with Crippen LogP contribution in [0.15, 0.2) is 57.4 Å². The third-order valence-electron chi connectivity index (χ3n) is 3.98. The van der Waals surface area contributed by atoms with Crippen molar-refractivity contribution < 1.29 is 18.8 Å². The van der Waals surface area contributed by atoms with Crippen molar-refractivity contribution in [2.24, 2.45) is 0 Å². The first-order valence-corrected chi connectivity index (χ1v) is 10.8. The number of rotatable bonds is 9. The number of carbonyl (C=O) groups is 1. The molecule has 0 saturated heterocycles. The van der Waals surface area contributed by atoms with Gasteiger partial charge in [0.15, 0.2) is 10.9 Å². The second-order valence-electron chi connectivity index (χ2n) is 6.08. The fourth-order valence-corrected chi connectivity index (χ4v) is 4.40. The van der Waals surface area contributed by atoms with Crippen LogP contribution >= 0.6 is 23.1 Å². The Labute approximate surface area is 180 Å². The van der Waals surface area contributed by atoms with Gasteiger partial charge in [-0.05, 0) is 36.4 Å². The zero-order valence-electron chi connectivity index (χ0n) is 16.0. The molecule has 4 aromatic rings. The lowest BCUT2D eigenvalue weighted by Crippen LogP contribution is -2.24.